The second-order valence-electron chi connectivity index (χ2n) is 2.74. The van der Waals surface area contributed by atoms with Gasteiger partial charge in [0.1, 0.15) is 0 Å². The van der Waals surface area contributed by atoms with Crippen LogP contribution in [0.25, 0.3) is 0 Å². The molecule has 0 aliphatic heterocycles. The Hall–Kier alpha value is 0.0900. The summed E-state index contributed by atoms with van der Waals surface area (Å²) in [6.45, 7) is 3.15. The normalized spacial score (nSPS) is 10.3. The fraction of sp³-hybridized carbons (Fsp3) is 0.444. The smallest absolute Gasteiger partial charge is 0.243 e. The van der Waals surface area contributed by atoms with Crippen molar-refractivity contribution in [3.63, 3.8) is 0 Å². The van der Waals surface area contributed by atoms with Gasteiger partial charge in [-0.1, -0.05) is 23.5 Å². The van der Waals surface area contributed by atoms with Crippen LogP contribution in [0.4, 0.5) is 0 Å². The van der Waals surface area contributed by atoms with Crippen molar-refractivity contribution in [3.05, 3.63) is 14.4 Å². The Morgan fingerprint density at radius 3 is 2.47 bits per heavy atom. The zero-order chi connectivity index (χ0) is 11.3. The van der Waals surface area contributed by atoms with Crippen molar-refractivity contribution < 1.29 is 9.59 Å². The minimum absolute atomic E-state index is 0.138. The molecule has 1 rings (SSSR count). The van der Waals surface area contributed by atoms with Gasteiger partial charge in [0, 0.05) is 13.8 Å². The van der Waals surface area contributed by atoms with Crippen molar-refractivity contribution in [2.24, 2.45) is 0 Å². The monoisotopic (exact) mass is 279 g/mol. The van der Waals surface area contributed by atoms with Crippen LogP contribution in [-0.4, -0.2) is 10.2 Å². The van der Waals surface area contributed by atoms with Crippen LogP contribution < -0.4 is 0 Å². The van der Waals surface area contributed by atoms with Crippen LogP contribution in [0.15, 0.2) is 4.69 Å². The molecule has 0 atom stereocenters. The summed E-state index contributed by atoms with van der Waals surface area (Å²) in [7, 11) is 0. The number of carbonyl (C=O) groups is 2. The molecule has 0 saturated heterocycles. The maximum atomic E-state index is 10.8. The quantitative estimate of drug-likeness (QED) is 0.788. The van der Waals surface area contributed by atoms with Crippen molar-refractivity contribution >= 4 is 56.4 Å². The second kappa shape index (κ2) is 6.62. The molecule has 0 amide bonds. The minimum Gasteiger partial charge on any atom is -0.288 e. The SMILES string of the molecule is CC(=O)SCc1sc[s+]c1CSC(C)=O. The summed E-state index contributed by atoms with van der Waals surface area (Å²) >= 11 is 5.97. The molecule has 0 aliphatic carbocycles. The lowest BCUT2D eigenvalue weighted by atomic mass is 10.5. The first kappa shape index (κ1) is 13.2. The molecular formula is C9H11O2S4+. The van der Waals surface area contributed by atoms with Crippen molar-refractivity contribution in [1.82, 2.24) is 0 Å². The van der Waals surface area contributed by atoms with E-state index in [1.807, 2.05) is 4.69 Å². The predicted octanol–water partition coefficient (Wildman–Crippen LogP) is 3.65. The number of hydrogen-bond acceptors (Lipinski definition) is 5. The van der Waals surface area contributed by atoms with E-state index in [-0.39, 0.29) is 10.2 Å². The summed E-state index contributed by atoms with van der Waals surface area (Å²) in [6, 6.07) is 0. The van der Waals surface area contributed by atoms with Gasteiger partial charge < -0.3 is 0 Å². The van der Waals surface area contributed by atoms with E-state index in [1.54, 1.807) is 36.5 Å². The Bertz CT molecular complexity index is 326. The molecule has 0 N–H and O–H groups in total. The van der Waals surface area contributed by atoms with Crippen LogP contribution in [0.2, 0.25) is 0 Å². The van der Waals surface area contributed by atoms with E-state index in [4.69, 9.17) is 0 Å². The van der Waals surface area contributed by atoms with E-state index in [2.05, 4.69) is 0 Å². The molecule has 82 valence electrons. The van der Waals surface area contributed by atoms with Crippen LogP contribution in [-0.2, 0) is 21.1 Å². The summed E-state index contributed by atoms with van der Waals surface area (Å²) in [5.74, 6) is 1.47. The van der Waals surface area contributed by atoms with Crippen LogP contribution in [0.3, 0.4) is 0 Å². The molecule has 0 saturated carbocycles. The molecule has 0 aliphatic rings. The number of carbonyl (C=O) groups excluding carboxylic acids is 2. The van der Waals surface area contributed by atoms with Crippen LogP contribution >= 0.6 is 46.2 Å². The van der Waals surface area contributed by atoms with Gasteiger partial charge in [-0.3, -0.25) is 9.59 Å². The lowest BCUT2D eigenvalue weighted by Crippen LogP contribution is -1.88. The summed E-state index contributed by atoms with van der Waals surface area (Å²) in [5.41, 5.74) is 0. The van der Waals surface area contributed by atoms with E-state index >= 15 is 0 Å². The van der Waals surface area contributed by atoms with Gasteiger partial charge in [0.25, 0.3) is 0 Å². The summed E-state index contributed by atoms with van der Waals surface area (Å²) in [4.78, 5) is 24.1. The first-order chi connectivity index (χ1) is 7.09. The fourth-order valence-corrected chi connectivity index (χ4v) is 4.75. The van der Waals surface area contributed by atoms with Gasteiger partial charge in [-0.05, 0) is 0 Å². The zero-order valence-electron chi connectivity index (χ0n) is 8.44. The molecule has 1 aromatic rings. The Morgan fingerprint density at radius 2 is 1.87 bits per heavy atom. The number of thioether (sulfide) groups is 2. The van der Waals surface area contributed by atoms with Gasteiger partial charge in [-0.25, -0.2) is 0 Å². The molecule has 0 radical (unpaired) electrons. The van der Waals surface area contributed by atoms with Gasteiger partial charge in [0.05, 0.1) is 34.2 Å². The highest BCUT2D eigenvalue weighted by molar-refractivity contribution is 8.13. The molecular weight excluding hydrogens is 268 g/mol. The summed E-state index contributed by atoms with van der Waals surface area (Å²) in [6.07, 6.45) is 0. The average Bonchev–Trinajstić information content (AvgIpc) is 2.58. The van der Waals surface area contributed by atoms with Gasteiger partial charge in [-0.2, -0.15) is 0 Å². The van der Waals surface area contributed by atoms with Gasteiger partial charge >= 0.3 is 0 Å². The highest BCUT2D eigenvalue weighted by atomic mass is 32.2. The van der Waals surface area contributed by atoms with E-state index < -0.39 is 0 Å². The van der Waals surface area contributed by atoms with E-state index in [9.17, 15) is 9.59 Å². The molecule has 15 heavy (non-hydrogen) atoms. The van der Waals surface area contributed by atoms with Crippen molar-refractivity contribution in [2.75, 3.05) is 0 Å². The maximum Gasteiger partial charge on any atom is 0.243 e. The van der Waals surface area contributed by atoms with Crippen LogP contribution in [0.1, 0.15) is 23.6 Å². The Morgan fingerprint density at radius 1 is 1.27 bits per heavy atom. The molecule has 6 heteroatoms. The minimum atomic E-state index is 0.138. The summed E-state index contributed by atoms with van der Waals surface area (Å²) in [5, 5.41) is 0.275. The third kappa shape index (κ3) is 5.10. The van der Waals surface area contributed by atoms with E-state index in [0.29, 0.717) is 0 Å². The van der Waals surface area contributed by atoms with Crippen LogP contribution in [0, 0.1) is 0 Å². The molecule has 1 aromatic heterocycles. The van der Waals surface area contributed by atoms with Crippen molar-refractivity contribution in [1.29, 1.82) is 0 Å². The standard InChI is InChI=1S/C9H11O2S4/c1-6(10)12-3-8-9(15-5-14-8)4-13-7(2)11/h5H,3-4H2,1-2H3/q+1. The summed E-state index contributed by atoms with van der Waals surface area (Å²) < 4.78 is 2.05. The lowest BCUT2D eigenvalue weighted by molar-refractivity contribution is -0.109. The Balaban J connectivity index is 2.53. The first-order valence-corrected chi connectivity index (χ1v) is 7.96. The average molecular weight is 279 g/mol. The largest absolute Gasteiger partial charge is 0.288 e. The van der Waals surface area contributed by atoms with Gasteiger partial charge in [0.15, 0.2) is 20.0 Å². The number of rotatable bonds is 4. The first-order valence-electron chi connectivity index (χ1n) is 4.23. The molecule has 0 spiro atoms. The third-order valence-corrected chi connectivity index (χ3v) is 5.80. The highest BCUT2D eigenvalue weighted by Crippen LogP contribution is 2.30. The Kier molecular flexibility index (Phi) is 5.81. The topological polar surface area (TPSA) is 34.1 Å². The molecule has 2 nitrogen and oxygen atoms in total. The Labute approximate surface area is 105 Å². The maximum absolute atomic E-state index is 10.8. The van der Waals surface area contributed by atoms with E-state index in [0.717, 1.165) is 11.5 Å². The van der Waals surface area contributed by atoms with Gasteiger partial charge in [-0.15, -0.1) is 0 Å². The highest BCUT2D eigenvalue weighted by Gasteiger charge is 2.17. The predicted molar refractivity (Wildman–Crippen MR) is 70.6 cm³/mol. The van der Waals surface area contributed by atoms with E-state index in [1.165, 1.54) is 33.3 Å². The molecule has 0 aromatic carbocycles. The third-order valence-electron chi connectivity index (χ3n) is 1.50. The fourth-order valence-electron chi connectivity index (χ4n) is 0.835. The van der Waals surface area contributed by atoms with Crippen LogP contribution in [0.5, 0.6) is 0 Å². The van der Waals surface area contributed by atoms with Gasteiger partial charge in [0.2, 0.25) is 4.69 Å². The lowest BCUT2D eigenvalue weighted by Gasteiger charge is -1.93. The molecule has 0 fully saturated rings. The number of hydrogen-bond donors (Lipinski definition) is 0. The molecule has 0 bridgehead atoms. The zero-order valence-corrected chi connectivity index (χ0v) is 11.7. The second-order valence-corrected chi connectivity index (χ2v) is 7.27. The molecule has 0 unspecified atom stereocenters. The van der Waals surface area contributed by atoms with Crippen molar-refractivity contribution in [2.45, 2.75) is 25.4 Å². The van der Waals surface area contributed by atoms with Crippen molar-refractivity contribution in [3.8, 4) is 0 Å². The molecule has 1 heterocycles.